The van der Waals surface area contributed by atoms with E-state index in [-0.39, 0.29) is 17.5 Å². The molecule has 0 saturated heterocycles. The molecular weight excluding hydrogens is 539 g/mol. The van der Waals surface area contributed by atoms with Gasteiger partial charge in [-0.15, -0.1) is 0 Å². The molecule has 0 bridgehead atoms. The van der Waals surface area contributed by atoms with E-state index in [1.807, 2.05) is 0 Å². The Kier molecular flexibility index (Phi) is 4.17. The van der Waals surface area contributed by atoms with Gasteiger partial charge in [0.25, 0.3) is 0 Å². The summed E-state index contributed by atoms with van der Waals surface area (Å²) in [6, 6.07) is 44.6. The molecule has 0 saturated carbocycles. The van der Waals surface area contributed by atoms with Crippen molar-refractivity contribution in [1.29, 1.82) is 0 Å². The lowest BCUT2D eigenvalue weighted by Crippen LogP contribution is -2.57. The van der Waals surface area contributed by atoms with Crippen molar-refractivity contribution in [3.8, 4) is 44.5 Å². The highest BCUT2D eigenvalue weighted by Crippen LogP contribution is 2.57. The fraction of sp³-hybridized carbons (Fsp3) is 0.136. The van der Waals surface area contributed by atoms with E-state index < -0.39 is 0 Å². The molecular formula is C44H31B. The van der Waals surface area contributed by atoms with Crippen LogP contribution in [0.5, 0.6) is 0 Å². The summed E-state index contributed by atoms with van der Waals surface area (Å²) < 4.78 is 0. The van der Waals surface area contributed by atoms with Crippen molar-refractivity contribution in [3.05, 3.63) is 138 Å². The van der Waals surface area contributed by atoms with Crippen LogP contribution in [0.2, 0.25) is 0 Å². The van der Waals surface area contributed by atoms with Crippen LogP contribution in [0.25, 0.3) is 66.1 Å². The van der Waals surface area contributed by atoms with Gasteiger partial charge >= 0.3 is 0 Å². The van der Waals surface area contributed by atoms with Crippen LogP contribution in [0.15, 0.2) is 115 Å². The fourth-order valence-corrected chi connectivity index (χ4v) is 10.1. The molecule has 0 radical (unpaired) electrons. The van der Waals surface area contributed by atoms with Gasteiger partial charge in [0.15, 0.2) is 0 Å². The Morgan fingerprint density at radius 3 is 1.31 bits per heavy atom. The van der Waals surface area contributed by atoms with Gasteiger partial charge in [0.05, 0.1) is 0 Å². The van der Waals surface area contributed by atoms with Crippen LogP contribution < -0.4 is 16.4 Å². The average molecular weight is 571 g/mol. The highest BCUT2D eigenvalue weighted by atomic mass is 14.4. The lowest BCUT2D eigenvalue weighted by atomic mass is 9.31. The van der Waals surface area contributed by atoms with Gasteiger partial charge in [-0.25, -0.2) is 0 Å². The number of benzene rings is 7. The van der Waals surface area contributed by atoms with E-state index in [0.29, 0.717) is 0 Å². The lowest BCUT2D eigenvalue weighted by molar-refractivity contribution is 0.661. The van der Waals surface area contributed by atoms with Crippen molar-refractivity contribution in [2.45, 2.75) is 38.5 Å². The molecule has 0 nitrogen and oxygen atoms in total. The molecule has 11 rings (SSSR count). The zero-order valence-corrected chi connectivity index (χ0v) is 26.0. The molecule has 45 heavy (non-hydrogen) atoms. The maximum absolute atomic E-state index is 2.51. The van der Waals surface area contributed by atoms with Gasteiger partial charge in [-0.1, -0.05) is 147 Å². The second kappa shape index (κ2) is 7.67. The summed E-state index contributed by atoms with van der Waals surface area (Å²) in [6.07, 6.45) is 0. The molecule has 2 aliphatic carbocycles. The van der Waals surface area contributed by atoms with Crippen LogP contribution in [0, 0.1) is 0 Å². The summed E-state index contributed by atoms with van der Waals surface area (Å²) in [7, 11) is 0. The number of hydrogen-bond donors (Lipinski definition) is 0. The minimum Gasteiger partial charge on any atom is -0.0663 e. The highest BCUT2D eigenvalue weighted by Gasteiger charge is 2.45. The zero-order chi connectivity index (χ0) is 30.0. The largest absolute Gasteiger partial charge is 0.244 e. The first-order valence-corrected chi connectivity index (χ1v) is 16.4. The molecule has 0 N–H and O–H groups in total. The smallest absolute Gasteiger partial charge is 0.0663 e. The average Bonchev–Trinajstić information content (AvgIpc) is 3.43. The van der Waals surface area contributed by atoms with Crippen LogP contribution in [0.3, 0.4) is 0 Å². The summed E-state index contributed by atoms with van der Waals surface area (Å²) in [5.74, 6) is 0. The maximum atomic E-state index is 2.51. The summed E-state index contributed by atoms with van der Waals surface area (Å²) in [5.41, 5.74) is 21.5. The SMILES string of the molecule is CC1(C)c2ccccc2-c2c1cc1cccc3c1c2-c1cccc2c1B3c1cccc3cc4c(c-2c13)-c1ccccc1C4(C)C. The van der Waals surface area contributed by atoms with Gasteiger partial charge in [-0.3, -0.25) is 0 Å². The summed E-state index contributed by atoms with van der Waals surface area (Å²) in [5, 5.41) is 5.60. The minimum atomic E-state index is -0.0490. The molecule has 0 fully saturated rings. The maximum Gasteiger partial charge on any atom is 0.244 e. The summed E-state index contributed by atoms with van der Waals surface area (Å²) in [6.45, 7) is 9.84. The molecule has 2 aliphatic heterocycles. The number of fused-ring (bicyclic) bond motifs is 12. The predicted octanol–water partition coefficient (Wildman–Crippen LogP) is 9.08. The Morgan fingerprint density at radius 2 is 0.822 bits per heavy atom. The van der Waals surface area contributed by atoms with Crippen molar-refractivity contribution in [2.75, 3.05) is 0 Å². The summed E-state index contributed by atoms with van der Waals surface area (Å²) in [4.78, 5) is 0. The molecule has 2 heterocycles. The Balaban J connectivity index is 1.35. The van der Waals surface area contributed by atoms with Crippen LogP contribution in [-0.2, 0) is 10.8 Å². The first-order chi connectivity index (χ1) is 21.9. The second-order valence-corrected chi connectivity index (χ2v) is 14.8. The third-order valence-corrected chi connectivity index (χ3v) is 12.0. The van der Waals surface area contributed by atoms with Crippen molar-refractivity contribution in [1.82, 2.24) is 0 Å². The monoisotopic (exact) mass is 570 g/mol. The van der Waals surface area contributed by atoms with Crippen LogP contribution in [0.1, 0.15) is 49.9 Å². The standard InChI is InChI=1S/C44H31B/c1-43(2)30-18-7-5-14-26(30)38-32(43)22-24-12-9-20-34-36(24)40(38)28-16-11-17-29-41-37-25(13-10-21-35(37)45(34)42(28)29)23-33-39(41)27-15-6-8-19-31(27)44(33,3)4/h5-23H,1-4H3. The van der Waals surface area contributed by atoms with Crippen molar-refractivity contribution in [2.24, 2.45) is 0 Å². The van der Waals surface area contributed by atoms with Crippen molar-refractivity contribution >= 4 is 44.6 Å². The molecule has 7 aromatic carbocycles. The van der Waals surface area contributed by atoms with Crippen LogP contribution in [0.4, 0.5) is 0 Å². The number of hydrogen-bond acceptors (Lipinski definition) is 0. The molecule has 7 aromatic rings. The predicted molar refractivity (Wildman–Crippen MR) is 192 cm³/mol. The van der Waals surface area contributed by atoms with E-state index in [1.165, 1.54) is 105 Å². The molecule has 0 amide bonds. The van der Waals surface area contributed by atoms with Gasteiger partial charge in [0, 0.05) is 10.8 Å². The van der Waals surface area contributed by atoms with Gasteiger partial charge in [0.2, 0.25) is 6.71 Å². The fourth-order valence-electron chi connectivity index (χ4n) is 10.1. The quantitative estimate of drug-likeness (QED) is 0.160. The molecule has 0 aromatic heterocycles. The minimum absolute atomic E-state index is 0.0490. The van der Waals surface area contributed by atoms with Crippen LogP contribution in [-0.4, -0.2) is 6.71 Å². The molecule has 1 heteroatoms. The van der Waals surface area contributed by atoms with Gasteiger partial charge < -0.3 is 0 Å². The molecule has 0 atom stereocenters. The molecule has 0 unspecified atom stereocenters. The van der Waals surface area contributed by atoms with E-state index in [2.05, 4.69) is 143 Å². The molecule has 210 valence electrons. The lowest BCUT2D eigenvalue weighted by Gasteiger charge is -2.36. The number of rotatable bonds is 0. The topological polar surface area (TPSA) is 0 Å². The van der Waals surface area contributed by atoms with Gasteiger partial charge in [-0.2, -0.15) is 0 Å². The van der Waals surface area contributed by atoms with Crippen molar-refractivity contribution < 1.29 is 0 Å². The Morgan fingerprint density at radius 1 is 0.400 bits per heavy atom. The van der Waals surface area contributed by atoms with Crippen LogP contribution >= 0.6 is 0 Å². The van der Waals surface area contributed by atoms with Gasteiger partial charge in [0.1, 0.15) is 0 Å². The molecule has 4 aliphatic rings. The Hall–Kier alpha value is -4.88. The van der Waals surface area contributed by atoms with E-state index in [4.69, 9.17) is 0 Å². The van der Waals surface area contributed by atoms with E-state index in [1.54, 1.807) is 0 Å². The third kappa shape index (κ3) is 2.63. The summed E-state index contributed by atoms with van der Waals surface area (Å²) >= 11 is 0. The zero-order valence-electron chi connectivity index (χ0n) is 26.0. The first-order valence-electron chi connectivity index (χ1n) is 16.4. The normalized spacial score (nSPS) is 16.3. The van der Waals surface area contributed by atoms with E-state index in [0.717, 1.165) is 0 Å². The third-order valence-electron chi connectivity index (χ3n) is 12.0. The van der Waals surface area contributed by atoms with Gasteiger partial charge in [-0.05, 0) is 100 Å². The Labute approximate surface area is 264 Å². The molecule has 0 spiro atoms. The Bertz CT molecular complexity index is 2370. The first kappa shape index (κ1) is 24.4. The van der Waals surface area contributed by atoms with E-state index >= 15 is 0 Å². The van der Waals surface area contributed by atoms with Crippen molar-refractivity contribution in [3.63, 3.8) is 0 Å². The highest BCUT2D eigenvalue weighted by molar-refractivity contribution is 7.01. The van der Waals surface area contributed by atoms with E-state index in [9.17, 15) is 0 Å². The second-order valence-electron chi connectivity index (χ2n) is 14.8.